The lowest BCUT2D eigenvalue weighted by molar-refractivity contribution is 0.0761. The Kier molecular flexibility index (Phi) is 4.43. The highest BCUT2D eigenvalue weighted by Crippen LogP contribution is 2.20. The summed E-state index contributed by atoms with van der Waals surface area (Å²) < 4.78 is 10.8. The minimum absolute atomic E-state index is 0.221. The number of nitrogens with one attached hydrogen (secondary N) is 1. The third-order valence-electron chi connectivity index (χ3n) is 3.71. The Balaban J connectivity index is 1.52. The van der Waals surface area contributed by atoms with Gasteiger partial charge >= 0.3 is 6.09 Å². The van der Waals surface area contributed by atoms with E-state index in [-0.39, 0.29) is 6.09 Å². The lowest BCUT2D eigenvalue weighted by Crippen LogP contribution is -2.48. The predicted molar refractivity (Wildman–Crippen MR) is 80.2 cm³/mol. The van der Waals surface area contributed by atoms with Gasteiger partial charge in [-0.05, 0) is 25.1 Å². The number of carbonyl (C=O) groups is 1. The van der Waals surface area contributed by atoms with E-state index in [1.807, 2.05) is 25.1 Å². The topological polar surface area (TPSA) is 74.6 Å². The monoisotopic (exact) mass is 304 g/mol. The van der Waals surface area contributed by atoms with Gasteiger partial charge in [-0.2, -0.15) is 5.10 Å². The lowest BCUT2D eigenvalue weighted by Gasteiger charge is -2.33. The van der Waals surface area contributed by atoms with E-state index in [2.05, 4.69) is 15.1 Å². The Hall–Kier alpha value is -2.28. The first-order valence-corrected chi connectivity index (χ1v) is 7.49. The van der Waals surface area contributed by atoms with Gasteiger partial charge in [0.25, 0.3) is 0 Å². The first-order chi connectivity index (χ1) is 10.8. The van der Waals surface area contributed by atoms with Crippen LogP contribution in [0, 0.1) is 0 Å². The zero-order valence-corrected chi connectivity index (χ0v) is 12.6. The second-order valence-corrected chi connectivity index (χ2v) is 5.20. The molecule has 1 aliphatic heterocycles. The number of furan rings is 1. The van der Waals surface area contributed by atoms with Crippen LogP contribution in [0.25, 0.3) is 11.5 Å². The van der Waals surface area contributed by atoms with E-state index < -0.39 is 0 Å². The summed E-state index contributed by atoms with van der Waals surface area (Å²) >= 11 is 0. The molecule has 7 heteroatoms. The number of nitrogens with zero attached hydrogens (tertiary/aromatic N) is 3. The number of piperazine rings is 1. The van der Waals surface area contributed by atoms with E-state index in [1.54, 1.807) is 11.1 Å². The summed E-state index contributed by atoms with van der Waals surface area (Å²) in [5.74, 6) is 1.70. The Bertz CT molecular complexity index is 600. The summed E-state index contributed by atoms with van der Waals surface area (Å²) in [6, 6.07) is 5.80. The van der Waals surface area contributed by atoms with Crippen molar-refractivity contribution >= 4 is 6.09 Å². The van der Waals surface area contributed by atoms with Crippen molar-refractivity contribution in [1.82, 2.24) is 20.0 Å². The highest BCUT2D eigenvalue weighted by Gasteiger charge is 2.22. The van der Waals surface area contributed by atoms with E-state index in [0.717, 1.165) is 36.8 Å². The standard InChI is InChI=1S/C15H20N4O3/c1-2-21-15(20)19-9-7-18(8-10-19)11-12-3-4-14(22-12)13-5-6-16-17-13/h3-6H,2,7-11H2,1H3,(H,16,17). The molecule has 0 aliphatic carbocycles. The fourth-order valence-corrected chi connectivity index (χ4v) is 2.52. The van der Waals surface area contributed by atoms with Gasteiger partial charge in [-0.3, -0.25) is 10.00 Å². The number of hydrogen-bond donors (Lipinski definition) is 1. The van der Waals surface area contributed by atoms with Gasteiger partial charge in [0.1, 0.15) is 11.5 Å². The molecule has 0 spiro atoms. The second-order valence-electron chi connectivity index (χ2n) is 5.20. The van der Waals surface area contributed by atoms with E-state index in [9.17, 15) is 4.79 Å². The van der Waals surface area contributed by atoms with Crippen LogP contribution in [0.3, 0.4) is 0 Å². The molecule has 3 heterocycles. The molecule has 0 bridgehead atoms. The zero-order valence-electron chi connectivity index (χ0n) is 12.6. The number of rotatable bonds is 4. The molecule has 2 aromatic rings. The van der Waals surface area contributed by atoms with E-state index in [0.29, 0.717) is 19.7 Å². The Morgan fingerprint density at radius 3 is 2.82 bits per heavy atom. The molecule has 118 valence electrons. The average molecular weight is 304 g/mol. The third-order valence-corrected chi connectivity index (χ3v) is 3.71. The van der Waals surface area contributed by atoms with Crippen molar-refractivity contribution in [2.45, 2.75) is 13.5 Å². The molecule has 1 saturated heterocycles. The average Bonchev–Trinajstić information content (AvgIpc) is 3.19. The van der Waals surface area contributed by atoms with E-state index in [4.69, 9.17) is 9.15 Å². The maximum absolute atomic E-state index is 11.7. The summed E-state index contributed by atoms with van der Waals surface area (Å²) in [7, 11) is 0. The number of H-pyrrole nitrogens is 1. The van der Waals surface area contributed by atoms with Crippen LogP contribution >= 0.6 is 0 Å². The van der Waals surface area contributed by atoms with Crippen LogP contribution < -0.4 is 0 Å². The van der Waals surface area contributed by atoms with Crippen molar-refractivity contribution in [2.24, 2.45) is 0 Å². The van der Waals surface area contributed by atoms with Crippen LogP contribution in [0.1, 0.15) is 12.7 Å². The van der Waals surface area contributed by atoms with Gasteiger partial charge in [0.15, 0.2) is 5.76 Å². The molecular formula is C15H20N4O3. The van der Waals surface area contributed by atoms with Gasteiger partial charge in [0, 0.05) is 32.4 Å². The number of amides is 1. The first kappa shape index (κ1) is 14.6. The normalized spacial score (nSPS) is 16.0. The van der Waals surface area contributed by atoms with Crippen LogP contribution in [0.5, 0.6) is 0 Å². The molecule has 7 nitrogen and oxygen atoms in total. The fourth-order valence-electron chi connectivity index (χ4n) is 2.52. The van der Waals surface area contributed by atoms with Crippen molar-refractivity contribution in [2.75, 3.05) is 32.8 Å². The van der Waals surface area contributed by atoms with Crippen molar-refractivity contribution in [3.05, 3.63) is 30.2 Å². The highest BCUT2D eigenvalue weighted by molar-refractivity contribution is 5.67. The summed E-state index contributed by atoms with van der Waals surface area (Å²) in [6.45, 7) is 5.99. The number of hydrogen-bond acceptors (Lipinski definition) is 5. The first-order valence-electron chi connectivity index (χ1n) is 7.49. The minimum Gasteiger partial charge on any atom is -0.458 e. The molecule has 0 radical (unpaired) electrons. The predicted octanol–water partition coefficient (Wildman–Crippen LogP) is 1.94. The van der Waals surface area contributed by atoms with Crippen LogP contribution in [0.4, 0.5) is 4.79 Å². The van der Waals surface area contributed by atoms with Crippen molar-refractivity contribution in [3.8, 4) is 11.5 Å². The van der Waals surface area contributed by atoms with Gasteiger partial charge in [-0.1, -0.05) is 0 Å². The Labute approximate surface area is 128 Å². The van der Waals surface area contributed by atoms with Gasteiger partial charge in [0.2, 0.25) is 0 Å². The fraction of sp³-hybridized carbons (Fsp3) is 0.467. The summed E-state index contributed by atoms with van der Waals surface area (Å²) in [5, 5.41) is 6.80. The van der Waals surface area contributed by atoms with Gasteiger partial charge < -0.3 is 14.1 Å². The largest absolute Gasteiger partial charge is 0.458 e. The molecule has 1 aliphatic rings. The molecule has 2 aromatic heterocycles. The summed E-state index contributed by atoms with van der Waals surface area (Å²) in [6.07, 6.45) is 1.48. The molecule has 0 aromatic carbocycles. The van der Waals surface area contributed by atoms with Crippen LogP contribution in [-0.4, -0.2) is 58.9 Å². The number of aromatic amines is 1. The molecule has 1 N–H and O–H groups in total. The molecule has 0 atom stereocenters. The molecule has 22 heavy (non-hydrogen) atoms. The SMILES string of the molecule is CCOC(=O)N1CCN(Cc2ccc(-c3ccn[nH]3)o2)CC1. The molecular weight excluding hydrogens is 284 g/mol. The maximum atomic E-state index is 11.7. The van der Waals surface area contributed by atoms with Crippen LogP contribution in [0.2, 0.25) is 0 Å². The summed E-state index contributed by atoms with van der Waals surface area (Å²) in [5.41, 5.74) is 0.874. The molecule has 0 unspecified atom stereocenters. The summed E-state index contributed by atoms with van der Waals surface area (Å²) in [4.78, 5) is 15.7. The highest BCUT2D eigenvalue weighted by atomic mass is 16.6. The van der Waals surface area contributed by atoms with Crippen molar-refractivity contribution in [1.29, 1.82) is 0 Å². The van der Waals surface area contributed by atoms with Gasteiger partial charge in [0.05, 0.1) is 13.2 Å². The molecule has 1 fully saturated rings. The van der Waals surface area contributed by atoms with Crippen molar-refractivity contribution in [3.63, 3.8) is 0 Å². The van der Waals surface area contributed by atoms with Crippen LogP contribution in [0.15, 0.2) is 28.8 Å². The number of carbonyl (C=O) groups excluding carboxylic acids is 1. The smallest absolute Gasteiger partial charge is 0.409 e. The van der Waals surface area contributed by atoms with Gasteiger partial charge in [-0.15, -0.1) is 0 Å². The minimum atomic E-state index is -0.221. The van der Waals surface area contributed by atoms with E-state index in [1.165, 1.54) is 0 Å². The van der Waals surface area contributed by atoms with Crippen LogP contribution in [-0.2, 0) is 11.3 Å². The Morgan fingerprint density at radius 2 is 2.14 bits per heavy atom. The number of ether oxygens (including phenoxy) is 1. The third kappa shape index (κ3) is 3.30. The molecule has 1 amide bonds. The lowest BCUT2D eigenvalue weighted by atomic mass is 10.3. The van der Waals surface area contributed by atoms with Crippen molar-refractivity contribution < 1.29 is 13.9 Å². The quantitative estimate of drug-likeness (QED) is 0.934. The second kappa shape index (κ2) is 6.65. The molecule has 3 rings (SSSR count). The maximum Gasteiger partial charge on any atom is 0.409 e. The Morgan fingerprint density at radius 1 is 1.32 bits per heavy atom. The van der Waals surface area contributed by atoms with Gasteiger partial charge in [-0.25, -0.2) is 4.79 Å². The van der Waals surface area contributed by atoms with E-state index >= 15 is 0 Å². The molecule has 0 saturated carbocycles. The number of aromatic nitrogens is 2. The zero-order chi connectivity index (χ0) is 15.4.